The van der Waals surface area contributed by atoms with E-state index in [9.17, 15) is 4.79 Å². The number of ether oxygens (including phenoxy) is 3. The quantitative estimate of drug-likeness (QED) is 0.585. The van der Waals surface area contributed by atoms with Crippen molar-refractivity contribution in [2.45, 2.75) is 24.9 Å². The van der Waals surface area contributed by atoms with Crippen LogP contribution in [0.1, 0.15) is 35.0 Å². The van der Waals surface area contributed by atoms with Crippen LogP contribution < -0.4 is 9.47 Å². The van der Waals surface area contributed by atoms with Gasteiger partial charge in [0.05, 0.1) is 20.2 Å². The Balaban J connectivity index is 1.15. The van der Waals surface area contributed by atoms with E-state index in [2.05, 4.69) is 10.1 Å². The monoisotopic (exact) mass is 435 g/mol. The minimum absolute atomic E-state index is 0.0171. The second kappa shape index (κ2) is 9.00. The van der Waals surface area contributed by atoms with Gasteiger partial charge in [0.15, 0.2) is 0 Å². The van der Waals surface area contributed by atoms with Crippen molar-refractivity contribution in [3.8, 4) is 22.9 Å². The summed E-state index contributed by atoms with van der Waals surface area (Å²) in [5.74, 6) is 2.94. The van der Waals surface area contributed by atoms with E-state index >= 15 is 0 Å². The van der Waals surface area contributed by atoms with Crippen molar-refractivity contribution in [1.29, 1.82) is 0 Å². The number of rotatable bonds is 6. The minimum Gasteiger partial charge on any atom is -0.497 e. The summed E-state index contributed by atoms with van der Waals surface area (Å²) in [6.07, 6.45) is 1.79. The van der Waals surface area contributed by atoms with Crippen molar-refractivity contribution in [1.82, 2.24) is 15.0 Å². The van der Waals surface area contributed by atoms with Crippen LogP contribution in [0.3, 0.4) is 0 Å². The van der Waals surface area contributed by atoms with Crippen LogP contribution >= 0.6 is 0 Å². The summed E-state index contributed by atoms with van der Waals surface area (Å²) >= 11 is 0. The van der Waals surface area contributed by atoms with Gasteiger partial charge >= 0.3 is 0 Å². The highest BCUT2D eigenvalue weighted by Gasteiger charge is 2.33. The Kier molecular flexibility index (Phi) is 5.77. The molecule has 3 heterocycles. The van der Waals surface area contributed by atoms with Crippen LogP contribution in [0.15, 0.2) is 53.1 Å². The molecule has 0 radical (unpaired) electrons. The number of carbonyl (C=O) groups is 1. The summed E-state index contributed by atoms with van der Waals surface area (Å²) in [7, 11) is 1.59. The third-order valence-corrected chi connectivity index (χ3v) is 5.88. The van der Waals surface area contributed by atoms with Crippen LogP contribution in [0.25, 0.3) is 11.4 Å². The third-order valence-electron chi connectivity index (χ3n) is 5.88. The first-order valence-corrected chi connectivity index (χ1v) is 10.8. The number of hydrogen-bond acceptors (Lipinski definition) is 7. The summed E-state index contributed by atoms with van der Waals surface area (Å²) < 4.78 is 22.1. The molecule has 1 aromatic heterocycles. The van der Waals surface area contributed by atoms with E-state index in [1.807, 2.05) is 36.4 Å². The van der Waals surface area contributed by atoms with Gasteiger partial charge in [-0.05, 0) is 55.3 Å². The Morgan fingerprint density at radius 2 is 1.84 bits per heavy atom. The van der Waals surface area contributed by atoms with Crippen LogP contribution in [0.5, 0.6) is 11.5 Å². The number of carbonyl (C=O) groups excluding carboxylic acids is 1. The number of aromatic nitrogens is 2. The largest absolute Gasteiger partial charge is 0.497 e. The summed E-state index contributed by atoms with van der Waals surface area (Å²) in [6, 6.07) is 14.8. The molecule has 0 unspecified atom stereocenters. The van der Waals surface area contributed by atoms with Gasteiger partial charge in [-0.1, -0.05) is 11.2 Å². The fourth-order valence-electron chi connectivity index (χ4n) is 3.96. The lowest BCUT2D eigenvalue weighted by Crippen LogP contribution is -2.56. The van der Waals surface area contributed by atoms with Crippen molar-refractivity contribution in [2.24, 2.45) is 0 Å². The summed E-state index contributed by atoms with van der Waals surface area (Å²) in [4.78, 5) is 18.9. The van der Waals surface area contributed by atoms with E-state index in [-0.39, 0.29) is 17.9 Å². The van der Waals surface area contributed by atoms with E-state index in [1.165, 1.54) is 0 Å². The zero-order valence-electron chi connectivity index (χ0n) is 17.9. The number of hydrogen-bond donors (Lipinski definition) is 0. The highest BCUT2D eigenvalue weighted by Crippen LogP contribution is 2.28. The first-order chi connectivity index (χ1) is 15.7. The molecule has 2 aliphatic rings. The first kappa shape index (κ1) is 20.5. The molecule has 1 amide bonds. The Hall–Kier alpha value is -3.39. The van der Waals surface area contributed by atoms with E-state index in [0.29, 0.717) is 36.1 Å². The molecule has 0 atom stereocenters. The standard InChI is InChI=1S/C24H25N3O5/c1-29-20-4-2-3-18(13-20)24(28)27-14-21(15-27)31-19-7-5-16(6-8-19)22-25-23(32-26-22)17-9-11-30-12-10-17/h2-8,13,17,21H,9-12,14-15H2,1H3. The summed E-state index contributed by atoms with van der Waals surface area (Å²) in [6.45, 7) is 2.57. The van der Waals surface area contributed by atoms with Gasteiger partial charge in [-0.2, -0.15) is 4.98 Å². The summed E-state index contributed by atoms with van der Waals surface area (Å²) in [5, 5.41) is 4.13. The SMILES string of the molecule is COc1cccc(C(=O)N2CC(Oc3ccc(-c4noc(C5CCOCC5)n4)cc3)C2)c1. The van der Waals surface area contributed by atoms with Crippen molar-refractivity contribution < 1.29 is 23.5 Å². The Bertz CT molecular complexity index is 1070. The van der Waals surface area contributed by atoms with Gasteiger partial charge < -0.3 is 23.6 Å². The molecule has 32 heavy (non-hydrogen) atoms. The van der Waals surface area contributed by atoms with E-state index < -0.39 is 0 Å². The minimum atomic E-state index is -0.0271. The molecule has 3 aromatic rings. The smallest absolute Gasteiger partial charge is 0.254 e. The molecule has 0 N–H and O–H groups in total. The normalized spacial score (nSPS) is 17.1. The number of methoxy groups -OCH3 is 1. The molecule has 2 saturated heterocycles. The van der Waals surface area contributed by atoms with Crippen LogP contribution in [0.4, 0.5) is 0 Å². The van der Waals surface area contributed by atoms with E-state index in [1.54, 1.807) is 24.1 Å². The molecule has 0 aliphatic carbocycles. The van der Waals surface area contributed by atoms with Gasteiger partial charge in [-0.15, -0.1) is 0 Å². The predicted octanol–water partition coefficient (Wildman–Crippen LogP) is 3.54. The van der Waals surface area contributed by atoms with E-state index in [4.69, 9.17) is 18.7 Å². The van der Waals surface area contributed by atoms with E-state index in [0.717, 1.165) is 37.4 Å². The molecule has 166 valence electrons. The molecule has 2 aliphatic heterocycles. The molecule has 2 aromatic carbocycles. The van der Waals surface area contributed by atoms with Crippen molar-refractivity contribution in [3.63, 3.8) is 0 Å². The first-order valence-electron chi connectivity index (χ1n) is 10.8. The van der Waals surface area contributed by atoms with Gasteiger partial charge in [0.25, 0.3) is 5.91 Å². The van der Waals surface area contributed by atoms with Gasteiger partial charge in [0.2, 0.25) is 11.7 Å². The molecular weight excluding hydrogens is 410 g/mol. The van der Waals surface area contributed by atoms with Crippen LogP contribution in [0, 0.1) is 0 Å². The Labute approximate surface area is 186 Å². The number of amides is 1. The van der Waals surface area contributed by atoms with Gasteiger partial charge in [0.1, 0.15) is 17.6 Å². The zero-order valence-corrected chi connectivity index (χ0v) is 17.9. The molecule has 2 fully saturated rings. The Morgan fingerprint density at radius 1 is 1.06 bits per heavy atom. The molecule has 0 bridgehead atoms. The highest BCUT2D eigenvalue weighted by molar-refractivity contribution is 5.95. The number of likely N-dealkylation sites (tertiary alicyclic amines) is 1. The topological polar surface area (TPSA) is 86.9 Å². The van der Waals surface area contributed by atoms with Crippen LogP contribution in [-0.2, 0) is 4.74 Å². The number of nitrogens with zero attached hydrogens (tertiary/aromatic N) is 3. The van der Waals surface area contributed by atoms with Crippen molar-refractivity contribution in [3.05, 3.63) is 60.0 Å². The average Bonchev–Trinajstić information content (AvgIpc) is 3.32. The molecule has 0 saturated carbocycles. The second-order valence-electron chi connectivity index (χ2n) is 8.05. The average molecular weight is 435 g/mol. The molecule has 8 heteroatoms. The van der Waals surface area contributed by atoms with Crippen molar-refractivity contribution >= 4 is 5.91 Å². The maximum atomic E-state index is 12.6. The summed E-state index contributed by atoms with van der Waals surface area (Å²) in [5.41, 5.74) is 1.50. The van der Waals surface area contributed by atoms with Crippen molar-refractivity contribution in [2.75, 3.05) is 33.4 Å². The molecule has 0 spiro atoms. The third kappa shape index (κ3) is 4.31. The van der Waals surface area contributed by atoms with Crippen LogP contribution in [-0.4, -0.2) is 60.5 Å². The fraction of sp³-hybridized carbons (Fsp3) is 0.375. The predicted molar refractivity (Wildman–Crippen MR) is 116 cm³/mol. The lowest BCUT2D eigenvalue weighted by atomic mass is 10.0. The van der Waals surface area contributed by atoms with Crippen LogP contribution in [0.2, 0.25) is 0 Å². The Morgan fingerprint density at radius 3 is 2.59 bits per heavy atom. The van der Waals surface area contributed by atoms with Gasteiger partial charge in [-0.3, -0.25) is 4.79 Å². The van der Waals surface area contributed by atoms with Gasteiger partial charge in [0, 0.05) is 30.3 Å². The maximum absolute atomic E-state index is 12.6. The molecule has 8 nitrogen and oxygen atoms in total. The number of benzene rings is 2. The lowest BCUT2D eigenvalue weighted by Gasteiger charge is -2.39. The maximum Gasteiger partial charge on any atom is 0.254 e. The van der Waals surface area contributed by atoms with Gasteiger partial charge in [-0.25, -0.2) is 0 Å². The molecule has 5 rings (SSSR count). The zero-order chi connectivity index (χ0) is 21.9. The fourth-order valence-corrected chi connectivity index (χ4v) is 3.96. The second-order valence-corrected chi connectivity index (χ2v) is 8.05. The molecular formula is C24H25N3O5. The highest BCUT2D eigenvalue weighted by atomic mass is 16.5. The lowest BCUT2D eigenvalue weighted by molar-refractivity contribution is 0.0178.